The third kappa shape index (κ3) is 8.73. The number of carbonyl (C=O) groups is 1. The highest BCUT2D eigenvalue weighted by Gasteiger charge is 2.46. The summed E-state index contributed by atoms with van der Waals surface area (Å²) in [5.74, 6) is -0.198. The average Bonchev–Trinajstić information content (AvgIpc) is 2.64. The van der Waals surface area contributed by atoms with Gasteiger partial charge in [-0.05, 0) is 44.3 Å². The van der Waals surface area contributed by atoms with E-state index in [0.29, 0.717) is 13.2 Å². The second-order valence-corrected chi connectivity index (χ2v) is 15.6. The van der Waals surface area contributed by atoms with Crippen LogP contribution in [0.5, 0.6) is 0 Å². The first-order valence-corrected chi connectivity index (χ1v) is 14.7. The monoisotopic (exact) mass is 458 g/mol. The van der Waals surface area contributed by atoms with E-state index in [1.165, 1.54) is 0 Å². The molecule has 0 heterocycles. The highest BCUT2D eigenvalue weighted by atomic mass is 28.4. The normalized spacial score (nSPS) is 17.3. The van der Waals surface area contributed by atoms with Crippen LogP contribution in [0.15, 0.2) is 12.7 Å². The molecule has 0 aromatic rings. The summed E-state index contributed by atoms with van der Waals surface area (Å²) in [6.07, 6.45) is 1.28. The van der Waals surface area contributed by atoms with Crippen LogP contribution < -0.4 is 0 Å². The Hall–Kier alpha value is -0.533. The standard InChI is InChI=1S/C25H50O5Si/c1-13-16-18(4)22(30-31(11,12)24(6,7)8)19(5)23(27)25(9,10)20(26)17-21(28-14-2)29-15-3/h13,18-22,26H,1,14-17H2,2-12H3. The second-order valence-electron chi connectivity index (χ2n) is 10.8. The Bertz CT molecular complexity index is 547. The van der Waals surface area contributed by atoms with Crippen molar-refractivity contribution in [2.45, 2.75) is 112 Å². The molecule has 0 radical (unpaired) electrons. The summed E-state index contributed by atoms with van der Waals surface area (Å²) >= 11 is 0. The molecule has 0 bridgehead atoms. The molecule has 1 N–H and O–H groups in total. The lowest BCUT2D eigenvalue weighted by Crippen LogP contribution is -2.51. The topological polar surface area (TPSA) is 65.0 Å². The fourth-order valence-corrected chi connectivity index (χ4v) is 5.03. The lowest BCUT2D eigenvalue weighted by molar-refractivity contribution is -0.167. The van der Waals surface area contributed by atoms with Crippen molar-refractivity contribution in [2.75, 3.05) is 13.2 Å². The highest BCUT2D eigenvalue weighted by Crippen LogP contribution is 2.41. The van der Waals surface area contributed by atoms with Gasteiger partial charge in [-0.3, -0.25) is 4.79 Å². The van der Waals surface area contributed by atoms with Gasteiger partial charge in [0.25, 0.3) is 0 Å². The Labute approximate surface area is 193 Å². The second kappa shape index (κ2) is 12.6. The summed E-state index contributed by atoms with van der Waals surface area (Å²) in [4.78, 5) is 13.7. The maximum Gasteiger partial charge on any atom is 0.192 e. The molecule has 0 saturated heterocycles. The number of aliphatic hydroxyl groups excluding tert-OH is 1. The van der Waals surface area contributed by atoms with Crippen LogP contribution in [-0.4, -0.2) is 50.9 Å². The van der Waals surface area contributed by atoms with Crippen molar-refractivity contribution in [1.29, 1.82) is 0 Å². The number of allylic oxidation sites excluding steroid dienone is 1. The van der Waals surface area contributed by atoms with Gasteiger partial charge in [0, 0.05) is 31.0 Å². The highest BCUT2D eigenvalue weighted by molar-refractivity contribution is 6.74. The van der Waals surface area contributed by atoms with E-state index in [-0.39, 0.29) is 35.2 Å². The van der Waals surface area contributed by atoms with Gasteiger partial charge in [0.1, 0.15) is 5.78 Å². The molecule has 0 saturated carbocycles. The minimum atomic E-state index is -2.09. The summed E-state index contributed by atoms with van der Waals surface area (Å²) in [6, 6.07) is 0. The van der Waals surface area contributed by atoms with Gasteiger partial charge in [0.15, 0.2) is 14.6 Å². The molecule has 184 valence electrons. The van der Waals surface area contributed by atoms with Crippen molar-refractivity contribution >= 4 is 14.1 Å². The quantitative estimate of drug-likeness (QED) is 0.186. The van der Waals surface area contributed by atoms with Gasteiger partial charge < -0.3 is 19.0 Å². The first-order chi connectivity index (χ1) is 14.1. The molecular weight excluding hydrogens is 408 g/mol. The van der Waals surface area contributed by atoms with Gasteiger partial charge in [0.05, 0.1) is 12.2 Å². The molecule has 0 aliphatic heterocycles. The number of ether oxygens (including phenoxy) is 2. The zero-order valence-corrected chi connectivity index (χ0v) is 23.1. The van der Waals surface area contributed by atoms with Gasteiger partial charge in [-0.1, -0.05) is 54.5 Å². The van der Waals surface area contributed by atoms with Gasteiger partial charge >= 0.3 is 0 Å². The van der Waals surface area contributed by atoms with Crippen LogP contribution in [0.3, 0.4) is 0 Å². The number of aliphatic hydroxyl groups is 1. The van der Waals surface area contributed by atoms with Crippen LogP contribution in [0.2, 0.25) is 18.1 Å². The van der Waals surface area contributed by atoms with Gasteiger partial charge in [-0.2, -0.15) is 0 Å². The van der Waals surface area contributed by atoms with Crippen LogP contribution in [0.1, 0.15) is 75.2 Å². The summed E-state index contributed by atoms with van der Waals surface area (Å²) < 4.78 is 17.9. The Balaban J connectivity index is 5.72. The van der Waals surface area contributed by atoms with Crippen LogP contribution in [0.4, 0.5) is 0 Å². The lowest BCUT2D eigenvalue weighted by atomic mass is 9.73. The minimum Gasteiger partial charge on any atom is -0.413 e. The number of rotatable bonds is 15. The minimum absolute atomic E-state index is 0.00590. The van der Waals surface area contributed by atoms with Crippen molar-refractivity contribution in [3.8, 4) is 0 Å². The largest absolute Gasteiger partial charge is 0.413 e. The fourth-order valence-electron chi connectivity index (χ4n) is 3.56. The van der Waals surface area contributed by atoms with E-state index in [4.69, 9.17) is 13.9 Å². The summed E-state index contributed by atoms with van der Waals surface area (Å²) in [5, 5.41) is 11.0. The molecule has 5 nitrogen and oxygen atoms in total. The first-order valence-electron chi connectivity index (χ1n) is 11.8. The van der Waals surface area contributed by atoms with E-state index in [0.717, 1.165) is 6.42 Å². The SMILES string of the molecule is C=CCC(C)C(O[Si](C)(C)C(C)(C)C)C(C)C(=O)C(C)(C)C(O)CC(OCC)OCC. The zero-order chi connectivity index (χ0) is 24.6. The molecule has 4 atom stereocenters. The number of carbonyl (C=O) groups excluding carboxylic acids is 1. The van der Waals surface area contributed by atoms with Gasteiger partial charge in [-0.15, -0.1) is 6.58 Å². The molecule has 6 heteroatoms. The van der Waals surface area contributed by atoms with E-state index in [9.17, 15) is 9.90 Å². The average molecular weight is 459 g/mol. The van der Waals surface area contributed by atoms with E-state index in [1.807, 2.05) is 40.7 Å². The number of hydrogen-bond donors (Lipinski definition) is 1. The van der Waals surface area contributed by atoms with Gasteiger partial charge in [0.2, 0.25) is 0 Å². The molecule has 0 fully saturated rings. The third-order valence-electron chi connectivity index (χ3n) is 6.83. The Morgan fingerprint density at radius 3 is 1.94 bits per heavy atom. The summed E-state index contributed by atoms with van der Waals surface area (Å²) in [7, 11) is -2.09. The molecule has 4 unspecified atom stereocenters. The third-order valence-corrected chi connectivity index (χ3v) is 11.3. The van der Waals surface area contributed by atoms with Crippen LogP contribution >= 0.6 is 0 Å². The van der Waals surface area contributed by atoms with E-state index in [1.54, 1.807) is 0 Å². The van der Waals surface area contributed by atoms with Crippen LogP contribution in [-0.2, 0) is 18.7 Å². The molecule has 0 aliphatic carbocycles. The molecule has 0 amide bonds. The molecule has 0 spiro atoms. The van der Waals surface area contributed by atoms with Crippen molar-refractivity contribution in [1.82, 2.24) is 0 Å². The van der Waals surface area contributed by atoms with Crippen molar-refractivity contribution in [3.63, 3.8) is 0 Å². The Morgan fingerprint density at radius 2 is 1.55 bits per heavy atom. The van der Waals surface area contributed by atoms with Crippen molar-refractivity contribution in [2.24, 2.45) is 17.3 Å². The van der Waals surface area contributed by atoms with E-state index < -0.39 is 26.1 Å². The Kier molecular flexibility index (Phi) is 12.4. The van der Waals surface area contributed by atoms with Crippen molar-refractivity contribution in [3.05, 3.63) is 12.7 Å². The summed E-state index contributed by atoms with van der Waals surface area (Å²) in [5.41, 5.74) is -0.950. The fraction of sp³-hybridized carbons (Fsp3) is 0.880. The Morgan fingerprint density at radius 1 is 1.06 bits per heavy atom. The number of hydrogen-bond acceptors (Lipinski definition) is 5. The zero-order valence-electron chi connectivity index (χ0n) is 22.1. The molecule has 0 aromatic heterocycles. The van der Waals surface area contributed by atoms with Crippen LogP contribution in [0.25, 0.3) is 0 Å². The van der Waals surface area contributed by atoms with Crippen LogP contribution in [0, 0.1) is 17.3 Å². The maximum absolute atomic E-state index is 13.7. The number of ketones is 1. The molecule has 0 aromatic carbocycles. The predicted octanol–water partition coefficient (Wildman–Crippen LogP) is 5.97. The molecule has 0 aliphatic rings. The maximum atomic E-state index is 13.7. The lowest BCUT2D eigenvalue weighted by Gasteiger charge is -2.44. The summed E-state index contributed by atoms with van der Waals surface area (Å²) in [6.45, 7) is 27.4. The molecule has 31 heavy (non-hydrogen) atoms. The molecule has 0 rings (SSSR count). The number of Topliss-reactive ketones (excluding diaryl/α,β-unsaturated/α-hetero) is 1. The van der Waals surface area contributed by atoms with Gasteiger partial charge in [-0.25, -0.2) is 0 Å². The molecular formula is C25H50O5Si. The van der Waals surface area contributed by atoms with E-state index >= 15 is 0 Å². The van der Waals surface area contributed by atoms with E-state index in [2.05, 4.69) is 47.4 Å². The van der Waals surface area contributed by atoms with Crippen molar-refractivity contribution < 1.29 is 23.8 Å². The first kappa shape index (κ1) is 30.5. The smallest absolute Gasteiger partial charge is 0.192 e. The predicted molar refractivity (Wildman–Crippen MR) is 132 cm³/mol.